The van der Waals surface area contributed by atoms with Crippen LogP contribution in [0.1, 0.15) is 59.6 Å². The van der Waals surface area contributed by atoms with Gasteiger partial charge in [0.05, 0.1) is 33.0 Å². The van der Waals surface area contributed by atoms with Crippen molar-refractivity contribution in [3.05, 3.63) is 76.1 Å². The highest BCUT2D eigenvalue weighted by Crippen LogP contribution is 2.45. The summed E-state index contributed by atoms with van der Waals surface area (Å²) in [5, 5.41) is 0. The van der Waals surface area contributed by atoms with Crippen molar-refractivity contribution in [2.75, 3.05) is 32.3 Å². The van der Waals surface area contributed by atoms with Gasteiger partial charge in [0.15, 0.2) is 0 Å². The monoisotopic (exact) mass is 580 g/mol. The van der Waals surface area contributed by atoms with Crippen molar-refractivity contribution in [3.8, 4) is 28.4 Å². The van der Waals surface area contributed by atoms with Gasteiger partial charge in [-0.25, -0.2) is 4.39 Å². The summed E-state index contributed by atoms with van der Waals surface area (Å²) in [7, 11) is 1.38. The zero-order chi connectivity index (χ0) is 29.3. The summed E-state index contributed by atoms with van der Waals surface area (Å²) in [6, 6.07) is 13.1. The maximum absolute atomic E-state index is 15.3. The van der Waals surface area contributed by atoms with Gasteiger partial charge in [0.1, 0.15) is 34.9 Å². The van der Waals surface area contributed by atoms with Crippen molar-refractivity contribution in [2.24, 2.45) is 5.92 Å². The molecule has 4 atom stereocenters. The predicted molar refractivity (Wildman–Crippen MR) is 158 cm³/mol. The Hall–Kier alpha value is -3.23. The Bertz CT molecular complexity index is 1410. The Morgan fingerprint density at radius 3 is 2.61 bits per heavy atom. The first kappa shape index (κ1) is 29.3. The quantitative estimate of drug-likeness (QED) is 0.198. The highest BCUT2D eigenvalue weighted by molar-refractivity contribution is 7.90. The van der Waals surface area contributed by atoms with Gasteiger partial charge < -0.3 is 23.5 Å². The molecule has 41 heavy (non-hydrogen) atoms. The summed E-state index contributed by atoms with van der Waals surface area (Å²) >= 11 is -0.856. The number of esters is 1. The molecular formula is C33H37FO6S. The summed E-state index contributed by atoms with van der Waals surface area (Å²) in [6.07, 6.45) is 2.94. The first-order valence-electron chi connectivity index (χ1n) is 14.0. The Labute approximate surface area is 244 Å². The maximum Gasteiger partial charge on any atom is 0.306 e. The Balaban J connectivity index is 1.36. The fourth-order valence-electron chi connectivity index (χ4n) is 6.09. The normalized spacial score (nSPS) is 18.7. The van der Waals surface area contributed by atoms with E-state index in [-0.39, 0.29) is 30.0 Å². The van der Waals surface area contributed by atoms with Crippen LogP contribution in [0.5, 0.6) is 17.2 Å². The number of fused-ring (bicyclic) bond motifs is 2. The van der Waals surface area contributed by atoms with E-state index in [0.717, 1.165) is 39.1 Å². The molecule has 2 aliphatic rings. The average molecular weight is 581 g/mol. The average Bonchev–Trinajstić information content (AvgIpc) is 3.52. The number of benzene rings is 3. The molecule has 0 fully saturated rings. The third-order valence-electron chi connectivity index (χ3n) is 7.90. The fraction of sp³-hybridized carbons (Fsp3) is 0.424. The van der Waals surface area contributed by atoms with Crippen LogP contribution in [0.4, 0.5) is 4.39 Å². The topological polar surface area (TPSA) is 77.1 Å². The highest BCUT2D eigenvalue weighted by atomic mass is 32.2. The maximum atomic E-state index is 15.3. The second kappa shape index (κ2) is 12.3. The van der Waals surface area contributed by atoms with Crippen molar-refractivity contribution < 1.29 is 32.7 Å². The van der Waals surface area contributed by atoms with E-state index in [4.69, 9.17) is 18.9 Å². The van der Waals surface area contributed by atoms with Gasteiger partial charge in [0.2, 0.25) is 0 Å². The third kappa shape index (κ3) is 6.33. The lowest BCUT2D eigenvalue weighted by Gasteiger charge is -2.20. The lowest BCUT2D eigenvalue weighted by molar-refractivity contribution is -0.141. The molecule has 6 nitrogen and oxygen atoms in total. The summed E-state index contributed by atoms with van der Waals surface area (Å²) in [5.74, 6) is 2.30. The molecule has 5 rings (SSSR count). The van der Waals surface area contributed by atoms with Crippen LogP contribution >= 0.6 is 0 Å². The number of aryl methyl sites for hydroxylation is 2. The lowest BCUT2D eigenvalue weighted by Crippen LogP contribution is -2.18. The molecule has 0 spiro atoms. The SMILES string of the molecule is COC(=O)C[C@@H]1COc2cc(O[C@@H]3CCc4c(-c5c(C)cc(OCC(C)C[S+](C)[O-])cc5C)ccc(F)c43)ccc21. The zero-order valence-electron chi connectivity index (χ0n) is 24.3. The molecule has 8 heteroatoms. The van der Waals surface area contributed by atoms with E-state index in [2.05, 4.69) is 13.8 Å². The van der Waals surface area contributed by atoms with Crippen LogP contribution in [0, 0.1) is 25.6 Å². The van der Waals surface area contributed by atoms with Crippen molar-refractivity contribution >= 4 is 17.1 Å². The third-order valence-corrected chi connectivity index (χ3v) is 8.93. The van der Waals surface area contributed by atoms with E-state index >= 15 is 4.39 Å². The van der Waals surface area contributed by atoms with Gasteiger partial charge in [0.25, 0.3) is 0 Å². The van der Waals surface area contributed by atoms with E-state index < -0.39 is 17.3 Å². The largest absolute Gasteiger partial charge is 0.617 e. The van der Waals surface area contributed by atoms with E-state index in [9.17, 15) is 9.35 Å². The van der Waals surface area contributed by atoms with Gasteiger partial charge in [0, 0.05) is 29.0 Å². The van der Waals surface area contributed by atoms with Crippen LogP contribution in [0.25, 0.3) is 11.1 Å². The number of hydrogen-bond acceptors (Lipinski definition) is 6. The van der Waals surface area contributed by atoms with E-state index in [1.807, 2.05) is 43.3 Å². The molecule has 0 saturated heterocycles. The first-order chi connectivity index (χ1) is 19.6. The predicted octanol–water partition coefficient (Wildman–Crippen LogP) is 6.61. The highest BCUT2D eigenvalue weighted by Gasteiger charge is 2.32. The van der Waals surface area contributed by atoms with E-state index in [0.29, 0.717) is 48.9 Å². The molecule has 0 amide bonds. The molecule has 0 bridgehead atoms. The second-order valence-corrected chi connectivity index (χ2v) is 12.7. The fourth-order valence-corrected chi connectivity index (χ4v) is 6.99. The molecule has 1 aliphatic carbocycles. The number of carbonyl (C=O) groups is 1. The number of halogens is 1. The number of methoxy groups -OCH3 is 1. The van der Waals surface area contributed by atoms with Gasteiger partial charge in [-0.2, -0.15) is 0 Å². The number of carbonyl (C=O) groups excluding carboxylic acids is 1. The molecule has 1 heterocycles. The minimum Gasteiger partial charge on any atom is -0.617 e. The summed E-state index contributed by atoms with van der Waals surface area (Å²) in [6.45, 7) is 7.06. The molecule has 3 aromatic rings. The van der Waals surface area contributed by atoms with Gasteiger partial charge in [-0.15, -0.1) is 0 Å². The first-order valence-corrected chi connectivity index (χ1v) is 15.7. The van der Waals surface area contributed by atoms with Crippen molar-refractivity contribution in [1.29, 1.82) is 0 Å². The number of rotatable bonds is 10. The van der Waals surface area contributed by atoms with Crippen molar-refractivity contribution in [3.63, 3.8) is 0 Å². The van der Waals surface area contributed by atoms with Crippen LogP contribution in [0.2, 0.25) is 0 Å². The smallest absolute Gasteiger partial charge is 0.306 e. The minimum atomic E-state index is -0.856. The Kier molecular flexibility index (Phi) is 8.80. The van der Waals surface area contributed by atoms with Crippen LogP contribution in [-0.2, 0) is 27.1 Å². The Morgan fingerprint density at radius 2 is 1.90 bits per heavy atom. The number of ether oxygens (including phenoxy) is 4. The van der Waals surface area contributed by atoms with Gasteiger partial charge in [-0.1, -0.05) is 30.2 Å². The molecule has 2 unspecified atom stereocenters. The van der Waals surface area contributed by atoms with Crippen LogP contribution in [0.3, 0.4) is 0 Å². The molecule has 1 aliphatic heterocycles. The molecular weight excluding hydrogens is 543 g/mol. The van der Waals surface area contributed by atoms with Gasteiger partial charge in [-0.05, 0) is 78.8 Å². The molecule has 3 aromatic carbocycles. The molecule has 218 valence electrons. The Morgan fingerprint density at radius 1 is 1.15 bits per heavy atom. The van der Waals surface area contributed by atoms with Crippen LogP contribution in [-0.4, -0.2) is 42.9 Å². The number of hydrogen-bond donors (Lipinski definition) is 0. The summed E-state index contributed by atoms with van der Waals surface area (Å²) in [5.41, 5.74) is 6.75. The zero-order valence-corrected chi connectivity index (χ0v) is 25.1. The van der Waals surface area contributed by atoms with Gasteiger partial charge >= 0.3 is 5.97 Å². The van der Waals surface area contributed by atoms with Crippen LogP contribution < -0.4 is 14.2 Å². The molecule has 0 saturated carbocycles. The van der Waals surface area contributed by atoms with E-state index in [1.165, 1.54) is 13.2 Å². The molecule has 0 aromatic heterocycles. The standard InChI is InChI=1S/C33H37FO6S/c1-19(18-41(5)36)16-38-24-12-20(2)32(21(3)13-24)26-8-10-28(34)33-27(26)9-11-29(33)40-23-6-7-25-22(14-31(35)37-4)17-39-30(25)15-23/h6-8,10,12-13,15,19,22,29H,9,11,14,16-18H2,1-5H3/t19?,22-,29-,41?/m1/s1. The van der Waals surface area contributed by atoms with Crippen molar-refractivity contribution in [1.82, 2.24) is 0 Å². The van der Waals surface area contributed by atoms with Gasteiger partial charge in [-0.3, -0.25) is 4.79 Å². The van der Waals surface area contributed by atoms with Crippen LogP contribution in [0.15, 0.2) is 42.5 Å². The second-order valence-electron chi connectivity index (χ2n) is 11.2. The lowest BCUT2D eigenvalue weighted by atomic mass is 9.90. The van der Waals surface area contributed by atoms with E-state index in [1.54, 1.807) is 6.26 Å². The summed E-state index contributed by atoms with van der Waals surface area (Å²) in [4.78, 5) is 11.7. The van der Waals surface area contributed by atoms with Crippen molar-refractivity contribution in [2.45, 2.75) is 52.1 Å². The molecule has 0 radical (unpaired) electrons. The minimum absolute atomic E-state index is 0.0488. The summed E-state index contributed by atoms with van der Waals surface area (Å²) < 4.78 is 49.8. The molecule has 0 N–H and O–H groups in total.